The number of nitrogens with zero attached hydrogens (tertiary/aromatic N) is 5. The zero-order valence-electron chi connectivity index (χ0n) is 23.8. The molecule has 2 aliphatic rings. The fourth-order valence-electron chi connectivity index (χ4n) is 5.69. The number of piperidine rings is 1. The quantitative estimate of drug-likeness (QED) is 0.408. The van der Waals surface area contributed by atoms with Crippen LogP contribution >= 0.6 is 0 Å². The standard InChI is InChI=1S/C29H36N6O5S/c1-21-18-24(39-4)19-22(2)26(21)41(37,38)33(3)16-17-40-28-30-13-10-25(32-28)34-14-11-29(12-15-34)27(36)31-20-35(29)23-8-6-5-7-9-23/h5-10,13,18-19H,11-12,14-17,20H2,1-4H3,(H,31,36). The zero-order valence-corrected chi connectivity index (χ0v) is 24.6. The average molecular weight is 581 g/mol. The van der Waals surface area contributed by atoms with Gasteiger partial charge >= 0.3 is 6.01 Å². The van der Waals surface area contributed by atoms with Gasteiger partial charge in [-0.15, -0.1) is 0 Å². The Labute approximate surface area is 241 Å². The molecule has 41 heavy (non-hydrogen) atoms. The Morgan fingerprint density at radius 2 is 1.76 bits per heavy atom. The van der Waals surface area contributed by atoms with Crippen LogP contribution in [0.15, 0.2) is 59.6 Å². The lowest BCUT2D eigenvalue weighted by Crippen LogP contribution is -2.56. The number of likely N-dealkylation sites (N-methyl/N-ethyl adjacent to an activating group) is 1. The topological polar surface area (TPSA) is 117 Å². The number of hydrogen-bond acceptors (Lipinski definition) is 9. The number of rotatable bonds is 9. The Bertz CT molecular complexity index is 1490. The van der Waals surface area contributed by atoms with Crippen molar-refractivity contribution in [1.29, 1.82) is 0 Å². The second-order valence-electron chi connectivity index (χ2n) is 10.4. The molecule has 3 aromatic rings. The van der Waals surface area contributed by atoms with E-state index in [1.54, 1.807) is 39.3 Å². The molecule has 11 nitrogen and oxygen atoms in total. The first-order valence-electron chi connectivity index (χ1n) is 13.6. The van der Waals surface area contributed by atoms with Crippen molar-refractivity contribution in [2.75, 3.05) is 56.9 Å². The lowest BCUT2D eigenvalue weighted by Gasteiger charge is -2.43. The number of carbonyl (C=O) groups excluding carboxylic acids is 1. The van der Waals surface area contributed by atoms with Crippen molar-refractivity contribution in [2.24, 2.45) is 0 Å². The molecule has 1 N–H and O–H groups in total. The zero-order chi connectivity index (χ0) is 29.2. The number of para-hydroxylation sites is 1. The largest absolute Gasteiger partial charge is 0.497 e. The van der Waals surface area contributed by atoms with Gasteiger partial charge in [0.1, 0.15) is 23.7 Å². The van der Waals surface area contributed by atoms with Crippen LogP contribution in [0.2, 0.25) is 0 Å². The molecule has 218 valence electrons. The van der Waals surface area contributed by atoms with Gasteiger partial charge in [0.25, 0.3) is 0 Å². The molecule has 0 unspecified atom stereocenters. The molecule has 3 heterocycles. The fourth-order valence-corrected chi connectivity index (χ4v) is 7.25. The second-order valence-corrected chi connectivity index (χ2v) is 12.4. The molecule has 0 aliphatic carbocycles. The van der Waals surface area contributed by atoms with Crippen molar-refractivity contribution in [1.82, 2.24) is 19.6 Å². The number of aromatic nitrogens is 2. The molecule has 0 bridgehead atoms. The summed E-state index contributed by atoms with van der Waals surface area (Å²) >= 11 is 0. The smallest absolute Gasteiger partial charge is 0.318 e. The van der Waals surface area contributed by atoms with Crippen LogP contribution in [0.5, 0.6) is 11.8 Å². The molecular weight excluding hydrogens is 544 g/mol. The van der Waals surface area contributed by atoms with Crippen molar-refractivity contribution >= 4 is 27.4 Å². The van der Waals surface area contributed by atoms with Crippen LogP contribution < -0.4 is 24.6 Å². The lowest BCUT2D eigenvalue weighted by atomic mass is 9.85. The Kier molecular flexibility index (Phi) is 8.05. The Hall–Kier alpha value is -3.90. The summed E-state index contributed by atoms with van der Waals surface area (Å²) in [6, 6.07) is 15.4. The molecule has 2 aliphatic heterocycles. The van der Waals surface area contributed by atoms with Gasteiger partial charge in [0.2, 0.25) is 15.9 Å². The summed E-state index contributed by atoms with van der Waals surface area (Å²) in [4.78, 5) is 26.3. The number of nitrogens with one attached hydrogen (secondary N) is 1. The molecule has 0 saturated carbocycles. The highest BCUT2D eigenvalue weighted by Gasteiger charge is 2.50. The van der Waals surface area contributed by atoms with Gasteiger partial charge in [0.05, 0.1) is 18.7 Å². The molecular formula is C29H36N6O5S. The van der Waals surface area contributed by atoms with Crippen molar-refractivity contribution < 1.29 is 22.7 Å². The van der Waals surface area contributed by atoms with Gasteiger partial charge < -0.3 is 24.6 Å². The normalized spacial score (nSPS) is 16.8. The highest BCUT2D eigenvalue weighted by atomic mass is 32.2. The maximum atomic E-state index is 13.3. The molecule has 0 atom stereocenters. The summed E-state index contributed by atoms with van der Waals surface area (Å²) in [7, 11) is -0.651. The Morgan fingerprint density at radius 1 is 1.07 bits per heavy atom. The number of aryl methyl sites for hydroxylation is 2. The number of ether oxygens (including phenoxy) is 2. The number of sulfonamides is 1. The minimum absolute atomic E-state index is 0.0619. The first-order valence-corrected chi connectivity index (χ1v) is 15.0. The highest BCUT2D eigenvalue weighted by Crippen LogP contribution is 2.37. The SMILES string of the molecule is COc1cc(C)c(S(=O)(=O)N(C)CCOc2nccc(N3CCC4(CC3)C(=O)NCN4c3ccccc3)n2)c(C)c1. The van der Waals surface area contributed by atoms with Gasteiger partial charge in [0, 0.05) is 38.6 Å². The van der Waals surface area contributed by atoms with E-state index in [1.165, 1.54) is 11.4 Å². The van der Waals surface area contributed by atoms with E-state index in [2.05, 4.69) is 25.1 Å². The van der Waals surface area contributed by atoms with E-state index in [1.807, 2.05) is 36.4 Å². The third-order valence-electron chi connectivity index (χ3n) is 7.91. The van der Waals surface area contributed by atoms with E-state index in [-0.39, 0.29) is 30.0 Å². The molecule has 5 rings (SSSR count). The molecule has 1 aromatic heterocycles. The predicted octanol–water partition coefficient (Wildman–Crippen LogP) is 2.73. The fraction of sp³-hybridized carbons (Fsp3) is 0.414. The first kappa shape index (κ1) is 28.6. The molecule has 1 spiro atoms. The average Bonchev–Trinajstić information content (AvgIpc) is 3.28. The van der Waals surface area contributed by atoms with Crippen molar-refractivity contribution in [2.45, 2.75) is 37.1 Å². The molecule has 12 heteroatoms. The summed E-state index contributed by atoms with van der Waals surface area (Å²) in [5, 5.41) is 3.03. The Balaban J connectivity index is 1.20. The third kappa shape index (κ3) is 5.53. The number of amides is 1. The number of hydrogen-bond donors (Lipinski definition) is 1. The highest BCUT2D eigenvalue weighted by molar-refractivity contribution is 7.89. The van der Waals surface area contributed by atoms with Crippen LogP contribution in [0.3, 0.4) is 0 Å². The monoisotopic (exact) mass is 580 g/mol. The van der Waals surface area contributed by atoms with Crippen molar-refractivity contribution in [3.8, 4) is 11.8 Å². The van der Waals surface area contributed by atoms with Gasteiger partial charge in [-0.1, -0.05) is 18.2 Å². The summed E-state index contributed by atoms with van der Waals surface area (Å²) < 4.78 is 38.9. The van der Waals surface area contributed by atoms with Gasteiger partial charge in [0.15, 0.2) is 0 Å². The Morgan fingerprint density at radius 3 is 2.41 bits per heavy atom. The van der Waals surface area contributed by atoms with Crippen LogP contribution in [0.25, 0.3) is 0 Å². The number of carbonyl (C=O) groups is 1. The summed E-state index contributed by atoms with van der Waals surface area (Å²) in [6.07, 6.45) is 2.94. The van der Waals surface area contributed by atoms with Gasteiger partial charge in [-0.25, -0.2) is 13.4 Å². The summed E-state index contributed by atoms with van der Waals surface area (Å²) in [5.74, 6) is 1.39. The molecule has 1 amide bonds. The number of benzene rings is 2. The van der Waals surface area contributed by atoms with Crippen molar-refractivity contribution in [3.63, 3.8) is 0 Å². The van der Waals surface area contributed by atoms with Gasteiger partial charge in [-0.05, 0) is 68.1 Å². The van der Waals surface area contributed by atoms with Crippen LogP contribution in [-0.4, -0.2) is 81.2 Å². The van der Waals surface area contributed by atoms with E-state index in [0.717, 1.165) is 5.69 Å². The van der Waals surface area contributed by atoms with E-state index in [9.17, 15) is 13.2 Å². The third-order valence-corrected chi connectivity index (χ3v) is 10.1. The summed E-state index contributed by atoms with van der Waals surface area (Å²) in [6.45, 7) is 5.51. The maximum absolute atomic E-state index is 13.3. The molecule has 2 aromatic carbocycles. The van der Waals surface area contributed by atoms with E-state index in [0.29, 0.717) is 55.3 Å². The minimum Gasteiger partial charge on any atom is -0.497 e. The van der Waals surface area contributed by atoms with Gasteiger partial charge in [-0.2, -0.15) is 9.29 Å². The van der Waals surface area contributed by atoms with Crippen molar-refractivity contribution in [3.05, 3.63) is 65.9 Å². The number of anilines is 2. The van der Waals surface area contributed by atoms with E-state index in [4.69, 9.17) is 9.47 Å². The van der Waals surface area contributed by atoms with Crippen LogP contribution in [0.4, 0.5) is 11.5 Å². The molecule has 2 saturated heterocycles. The van der Waals surface area contributed by atoms with E-state index >= 15 is 0 Å². The second kappa shape index (κ2) is 11.5. The number of methoxy groups -OCH3 is 1. The molecule has 2 fully saturated rings. The van der Waals surface area contributed by atoms with Gasteiger partial charge in [-0.3, -0.25) is 4.79 Å². The maximum Gasteiger partial charge on any atom is 0.318 e. The van der Waals surface area contributed by atoms with E-state index < -0.39 is 15.6 Å². The lowest BCUT2D eigenvalue weighted by molar-refractivity contribution is -0.124. The molecule has 0 radical (unpaired) electrons. The summed E-state index contributed by atoms with van der Waals surface area (Å²) in [5.41, 5.74) is 1.69. The predicted molar refractivity (Wildman–Crippen MR) is 156 cm³/mol. The van der Waals surface area contributed by atoms with Crippen LogP contribution in [-0.2, 0) is 14.8 Å². The van der Waals surface area contributed by atoms with Crippen LogP contribution in [0, 0.1) is 13.8 Å². The first-order chi connectivity index (χ1) is 19.7. The van der Waals surface area contributed by atoms with Crippen LogP contribution in [0.1, 0.15) is 24.0 Å². The minimum atomic E-state index is -3.73.